The number of hydrogen-bond donors (Lipinski definition) is 0. The minimum atomic E-state index is -3.51. The molecule has 0 bridgehead atoms. The van der Waals surface area contributed by atoms with Crippen molar-refractivity contribution in [2.24, 2.45) is 0 Å². The van der Waals surface area contributed by atoms with Crippen LogP contribution in [0.15, 0.2) is 46.9 Å². The van der Waals surface area contributed by atoms with Crippen LogP contribution in [-0.4, -0.2) is 27.2 Å². The molecular weight excluding hydrogens is 264 g/mol. The number of carbonyl (C=O) groups excluding carboxylic acids is 1. The molecule has 0 aromatic heterocycles. The Kier molecular flexibility index (Phi) is 5.76. The Hall–Kier alpha value is -1.62. The quantitative estimate of drug-likeness (QED) is 0.593. The van der Waals surface area contributed by atoms with Crippen LogP contribution in [0.1, 0.15) is 19.8 Å². The molecule has 104 valence electrons. The van der Waals surface area contributed by atoms with E-state index in [9.17, 15) is 13.2 Å². The van der Waals surface area contributed by atoms with E-state index in [1.807, 2.05) is 6.92 Å². The first-order valence-corrected chi connectivity index (χ1v) is 7.71. The summed E-state index contributed by atoms with van der Waals surface area (Å²) in [5.41, 5.74) is 0.188. The second-order valence-electron chi connectivity index (χ2n) is 4.08. The van der Waals surface area contributed by atoms with E-state index in [1.165, 1.54) is 19.2 Å². The molecule has 0 saturated carbocycles. The molecule has 1 aromatic carbocycles. The van der Waals surface area contributed by atoms with Crippen LogP contribution in [0.2, 0.25) is 0 Å². The van der Waals surface area contributed by atoms with Crippen LogP contribution < -0.4 is 0 Å². The zero-order valence-electron chi connectivity index (χ0n) is 11.1. The van der Waals surface area contributed by atoms with Crippen molar-refractivity contribution < 1.29 is 17.9 Å². The van der Waals surface area contributed by atoms with Gasteiger partial charge in [-0.1, -0.05) is 37.6 Å². The Morgan fingerprint density at radius 3 is 2.42 bits per heavy atom. The highest BCUT2D eigenvalue weighted by molar-refractivity contribution is 7.91. The van der Waals surface area contributed by atoms with Gasteiger partial charge in [-0.15, -0.1) is 0 Å². The average Bonchev–Trinajstić information content (AvgIpc) is 2.43. The van der Waals surface area contributed by atoms with Crippen molar-refractivity contribution in [2.45, 2.75) is 24.7 Å². The maximum Gasteiger partial charge on any atom is 0.334 e. The second kappa shape index (κ2) is 7.09. The summed E-state index contributed by atoms with van der Waals surface area (Å²) in [6.07, 6.45) is 3.12. The molecule has 0 aliphatic carbocycles. The van der Waals surface area contributed by atoms with Crippen molar-refractivity contribution in [3.63, 3.8) is 0 Å². The van der Waals surface area contributed by atoms with E-state index in [0.29, 0.717) is 6.42 Å². The smallest absolute Gasteiger partial charge is 0.334 e. The molecule has 0 unspecified atom stereocenters. The fraction of sp³-hybridized carbons (Fsp3) is 0.357. The third kappa shape index (κ3) is 4.52. The second-order valence-corrected chi connectivity index (χ2v) is 6.07. The number of benzene rings is 1. The molecule has 0 heterocycles. The molecule has 0 radical (unpaired) electrons. The molecule has 0 aliphatic heterocycles. The lowest BCUT2D eigenvalue weighted by molar-refractivity contribution is -0.136. The third-order valence-corrected chi connectivity index (χ3v) is 4.26. The molecule has 0 spiro atoms. The van der Waals surface area contributed by atoms with Crippen LogP contribution in [0.4, 0.5) is 0 Å². The van der Waals surface area contributed by atoms with E-state index in [-0.39, 0.29) is 16.2 Å². The Balaban J connectivity index is 2.99. The van der Waals surface area contributed by atoms with Crippen LogP contribution in [-0.2, 0) is 19.4 Å². The van der Waals surface area contributed by atoms with Crippen LogP contribution in [0, 0.1) is 0 Å². The van der Waals surface area contributed by atoms with Crippen LogP contribution in [0.3, 0.4) is 0 Å². The van der Waals surface area contributed by atoms with Crippen LogP contribution in [0.25, 0.3) is 0 Å². The number of sulfone groups is 1. The molecule has 19 heavy (non-hydrogen) atoms. The zero-order chi connectivity index (χ0) is 14.3. The first-order valence-electron chi connectivity index (χ1n) is 6.06. The van der Waals surface area contributed by atoms with Crippen molar-refractivity contribution in [3.05, 3.63) is 42.0 Å². The van der Waals surface area contributed by atoms with Gasteiger partial charge in [0.2, 0.25) is 0 Å². The molecule has 0 amide bonds. The van der Waals surface area contributed by atoms with Crippen molar-refractivity contribution in [1.29, 1.82) is 0 Å². The van der Waals surface area contributed by atoms with Gasteiger partial charge in [0.1, 0.15) is 0 Å². The number of rotatable bonds is 6. The van der Waals surface area contributed by atoms with Gasteiger partial charge in [-0.05, 0) is 18.6 Å². The van der Waals surface area contributed by atoms with Crippen LogP contribution >= 0.6 is 0 Å². The summed E-state index contributed by atoms with van der Waals surface area (Å²) < 4.78 is 29.0. The van der Waals surface area contributed by atoms with E-state index < -0.39 is 15.8 Å². The Morgan fingerprint density at radius 2 is 1.89 bits per heavy atom. The van der Waals surface area contributed by atoms with Gasteiger partial charge in [0.05, 0.1) is 17.8 Å². The van der Waals surface area contributed by atoms with E-state index in [1.54, 1.807) is 24.3 Å². The highest BCUT2D eigenvalue weighted by Crippen LogP contribution is 2.15. The molecule has 0 aliphatic rings. The molecule has 5 heteroatoms. The SMILES string of the molecule is CCC/C=C(/CS(=O)(=O)c1ccccc1)C(=O)OC. The number of ether oxygens (including phenoxy) is 1. The van der Waals surface area contributed by atoms with Crippen molar-refractivity contribution in [3.8, 4) is 0 Å². The lowest BCUT2D eigenvalue weighted by Crippen LogP contribution is -2.16. The summed E-state index contributed by atoms with van der Waals surface area (Å²) in [6, 6.07) is 8.09. The van der Waals surface area contributed by atoms with Gasteiger partial charge in [-0.2, -0.15) is 0 Å². The number of methoxy groups -OCH3 is 1. The number of allylic oxidation sites excluding steroid dienone is 1. The van der Waals surface area contributed by atoms with Gasteiger partial charge in [0, 0.05) is 5.57 Å². The predicted molar refractivity (Wildman–Crippen MR) is 73.5 cm³/mol. The highest BCUT2D eigenvalue weighted by atomic mass is 32.2. The monoisotopic (exact) mass is 282 g/mol. The maximum absolute atomic E-state index is 12.2. The molecule has 0 atom stereocenters. The molecule has 1 aromatic rings. The number of carbonyl (C=O) groups is 1. The normalized spacial score (nSPS) is 12.2. The first kappa shape index (κ1) is 15.4. The average molecular weight is 282 g/mol. The molecule has 1 rings (SSSR count). The van der Waals surface area contributed by atoms with Gasteiger partial charge in [0.15, 0.2) is 9.84 Å². The number of unbranched alkanes of at least 4 members (excludes halogenated alkanes) is 1. The fourth-order valence-corrected chi connectivity index (χ4v) is 2.95. The van der Waals surface area contributed by atoms with Gasteiger partial charge in [-0.3, -0.25) is 0 Å². The lowest BCUT2D eigenvalue weighted by Gasteiger charge is -2.07. The summed E-state index contributed by atoms with van der Waals surface area (Å²) >= 11 is 0. The van der Waals surface area contributed by atoms with Crippen LogP contribution in [0.5, 0.6) is 0 Å². The minimum absolute atomic E-state index is 0.188. The highest BCUT2D eigenvalue weighted by Gasteiger charge is 2.21. The van der Waals surface area contributed by atoms with Gasteiger partial charge < -0.3 is 4.74 Å². The third-order valence-electron chi connectivity index (χ3n) is 2.57. The number of esters is 1. The molecule has 4 nitrogen and oxygen atoms in total. The van der Waals surface area contributed by atoms with E-state index >= 15 is 0 Å². The zero-order valence-corrected chi connectivity index (χ0v) is 11.9. The van der Waals surface area contributed by atoms with Gasteiger partial charge in [-0.25, -0.2) is 13.2 Å². The van der Waals surface area contributed by atoms with Gasteiger partial charge in [0.25, 0.3) is 0 Å². The van der Waals surface area contributed by atoms with E-state index in [0.717, 1.165) is 6.42 Å². The minimum Gasteiger partial charge on any atom is -0.466 e. The maximum atomic E-state index is 12.2. The van der Waals surface area contributed by atoms with E-state index in [4.69, 9.17) is 0 Å². The molecule has 0 N–H and O–H groups in total. The topological polar surface area (TPSA) is 60.4 Å². The van der Waals surface area contributed by atoms with Crippen molar-refractivity contribution in [2.75, 3.05) is 12.9 Å². The largest absolute Gasteiger partial charge is 0.466 e. The summed E-state index contributed by atoms with van der Waals surface area (Å²) in [6.45, 7) is 1.96. The van der Waals surface area contributed by atoms with E-state index in [2.05, 4.69) is 4.74 Å². The molecule has 0 saturated heterocycles. The Morgan fingerprint density at radius 1 is 1.26 bits per heavy atom. The number of hydrogen-bond acceptors (Lipinski definition) is 4. The van der Waals surface area contributed by atoms with Gasteiger partial charge >= 0.3 is 5.97 Å². The summed E-state index contributed by atoms with van der Waals surface area (Å²) in [5, 5.41) is 0. The standard InChI is InChI=1S/C14H18O4S/c1-3-4-8-12(14(15)18-2)11-19(16,17)13-9-6-5-7-10-13/h5-10H,3-4,11H2,1-2H3/b12-8-. The molecular formula is C14H18O4S. The summed E-state index contributed by atoms with van der Waals surface area (Å²) in [5.74, 6) is -0.920. The predicted octanol–water partition coefficient (Wildman–Crippen LogP) is 2.36. The lowest BCUT2D eigenvalue weighted by atomic mass is 10.2. The molecule has 0 fully saturated rings. The first-order chi connectivity index (χ1) is 9.01. The summed E-state index contributed by atoms with van der Waals surface area (Å²) in [4.78, 5) is 11.8. The Bertz CT molecular complexity index is 544. The summed E-state index contributed by atoms with van der Waals surface area (Å²) in [7, 11) is -2.27. The van der Waals surface area contributed by atoms with Crippen molar-refractivity contribution >= 4 is 15.8 Å². The van der Waals surface area contributed by atoms with Crippen molar-refractivity contribution in [1.82, 2.24) is 0 Å². The fourth-order valence-electron chi connectivity index (χ4n) is 1.57. The Labute approximate surface area is 114 Å².